The lowest BCUT2D eigenvalue weighted by molar-refractivity contribution is 0.0685. The van der Waals surface area contributed by atoms with E-state index in [1.807, 2.05) is 40.5 Å². The quantitative estimate of drug-likeness (QED) is 0.644. The number of fused-ring (bicyclic) bond motifs is 1. The van der Waals surface area contributed by atoms with E-state index in [-0.39, 0.29) is 5.91 Å². The normalized spacial score (nSPS) is 16.4. The molecular formula is C21H23N7OS. The maximum Gasteiger partial charge on any atom is 0.253 e. The van der Waals surface area contributed by atoms with Gasteiger partial charge < -0.3 is 14.7 Å². The maximum absolute atomic E-state index is 13.0. The van der Waals surface area contributed by atoms with Crippen LogP contribution in [0.1, 0.15) is 27.7 Å². The molecule has 3 aromatic rings. The molecule has 4 heterocycles. The summed E-state index contributed by atoms with van der Waals surface area (Å²) in [6.45, 7) is 7.30. The highest BCUT2D eigenvalue weighted by Gasteiger charge is 2.27. The number of rotatable bonds is 4. The van der Waals surface area contributed by atoms with Crippen molar-refractivity contribution in [2.24, 2.45) is 0 Å². The number of piperazine rings is 1. The first-order chi connectivity index (χ1) is 14.7. The lowest BCUT2D eigenvalue weighted by atomic mass is 10.1. The Labute approximate surface area is 179 Å². The van der Waals surface area contributed by atoms with E-state index in [1.54, 1.807) is 4.68 Å². The Kier molecular flexibility index (Phi) is 4.96. The van der Waals surface area contributed by atoms with Crippen molar-refractivity contribution in [1.82, 2.24) is 34.9 Å². The van der Waals surface area contributed by atoms with Gasteiger partial charge in [-0.1, -0.05) is 0 Å². The third-order valence-corrected chi connectivity index (χ3v) is 6.62. The summed E-state index contributed by atoms with van der Waals surface area (Å²) in [5.41, 5.74) is 4.16. The molecule has 1 aromatic carbocycles. The number of tetrazole rings is 1. The first-order valence-corrected chi connectivity index (χ1v) is 11.0. The molecule has 0 radical (unpaired) electrons. The number of hydrogen-bond acceptors (Lipinski definition) is 7. The first kappa shape index (κ1) is 18.8. The zero-order valence-corrected chi connectivity index (χ0v) is 17.6. The fourth-order valence-electron chi connectivity index (χ4n) is 3.99. The first-order valence-electron chi connectivity index (χ1n) is 10.1. The van der Waals surface area contributed by atoms with Crippen LogP contribution < -0.4 is 0 Å². The smallest absolute Gasteiger partial charge is 0.253 e. The largest absolute Gasteiger partial charge is 0.371 e. The van der Waals surface area contributed by atoms with Crippen LogP contribution in [0, 0.1) is 0 Å². The Morgan fingerprint density at radius 1 is 1.10 bits per heavy atom. The highest BCUT2D eigenvalue weighted by Crippen LogP contribution is 2.33. The predicted octanol–water partition coefficient (Wildman–Crippen LogP) is 2.32. The topological polar surface area (TPSA) is 70.4 Å². The van der Waals surface area contributed by atoms with Crippen LogP contribution >= 0.6 is 11.3 Å². The molecule has 1 fully saturated rings. The lowest BCUT2D eigenvalue weighted by Gasteiger charge is -2.39. The Balaban J connectivity index is 1.26. The van der Waals surface area contributed by atoms with Gasteiger partial charge in [0.1, 0.15) is 6.33 Å². The second-order valence-electron chi connectivity index (χ2n) is 7.42. The maximum atomic E-state index is 13.0. The average molecular weight is 422 g/mol. The van der Waals surface area contributed by atoms with Crippen LogP contribution in [-0.2, 0) is 6.54 Å². The molecule has 0 N–H and O–H groups in total. The molecule has 0 atom stereocenters. The van der Waals surface area contributed by atoms with Gasteiger partial charge in [0.2, 0.25) is 0 Å². The van der Waals surface area contributed by atoms with Crippen molar-refractivity contribution < 1.29 is 4.79 Å². The van der Waals surface area contributed by atoms with Crippen LogP contribution in [0.25, 0.3) is 11.4 Å². The Hall–Kier alpha value is -3.20. The molecule has 0 aliphatic carbocycles. The van der Waals surface area contributed by atoms with Gasteiger partial charge in [0.25, 0.3) is 5.91 Å². The van der Waals surface area contributed by atoms with Gasteiger partial charge in [-0.05, 0) is 53.1 Å². The van der Waals surface area contributed by atoms with Crippen molar-refractivity contribution in [1.29, 1.82) is 0 Å². The fourth-order valence-corrected chi connectivity index (χ4v) is 4.90. The van der Waals surface area contributed by atoms with Gasteiger partial charge in [-0.2, -0.15) is 0 Å². The Morgan fingerprint density at radius 3 is 2.60 bits per heavy atom. The summed E-state index contributed by atoms with van der Waals surface area (Å²) in [5.74, 6) is 0.0712. The minimum absolute atomic E-state index is 0.0712. The summed E-state index contributed by atoms with van der Waals surface area (Å²) in [6.07, 6.45) is 3.82. The van der Waals surface area contributed by atoms with Crippen LogP contribution in [-0.4, -0.2) is 73.5 Å². The van der Waals surface area contributed by atoms with Gasteiger partial charge in [0, 0.05) is 54.9 Å². The van der Waals surface area contributed by atoms with E-state index in [0.29, 0.717) is 5.56 Å². The van der Waals surface area contributed by atoms with Gasteiger partial charge in [-0.15, -0.1) is 16.4 Å². The van der Waals surface area contributed by atoms with Crippen molar-refractivity contribution in [2.45, 2.75) is 13.5 Å². The minimum Gasteiger partial charge on any atom is -0.371 e. The molecule has 0 bridgehead atoms. The number of thiophene rings is 1. The average Bonchev–Trinajstić information content (AvgIpc) is 3.50. The molecule has 0 unspecified atom stereocenters. The number of nitrogens with zero attached hydrogens (tertiary/aromatic N) is 7. The van der Waals surface area contributed by atoms with Gasteiger partial charge in [-0.3, -0.25) is 4.79 Å². The van der Waals surface area contributed by atoms with Gasteiger partial charge >= 0.3 is 0 Å². The Morgan fingerprint density at radius 2 is 1.90 bits per heavy atom. The van der Waals surface area contributed by atoms with Crippen molar-refractivity contribution in [3.63, 3.8) is 0 Å². The van der Waals surface area contributed by atoms with Gasteiger partial charge in [0.15, 0.2) is 0 Å². The molecule has 2 aliphatic rings. The number of hydrogen-bond donors (Lipinski definition) is 0. The summed E-state index contributed by atoms with van der Waals surface area (Å²) in [4.78, 5) is 21.1. The van der Waals surface area contributed by atoms with Crippen LogP contribution in [0.5, 0.6) is 0 Å². The standard InChI is InChI=1S/C21H23N7OS/c1-2-25-13-19(18-7-12-30-20(18)14-25)26-8-10-27(11-9-26)21(29)16-3-5-17(6-4-16)28-15-22-23-24-28/h3-7,12-13,15H,2,8-11,14H2,1H3. The van der Waals surface area contributed by atoms with Crippen molar-refractivity contribution >= 4 is 22.9 Å². The third kappa shape index (κ3) is 3.45. The summed E-state index contributed by atoms with van der Waals surface area (Å²) >= 11 is 1.83. The third-order valence-electron chi connectivity index (χ3n) is 5.71. The summed E-state index contributed by atoms with van der Waals surface area (Å²) in [5, 5.41) is 13.3. The Bertz CT molecular complexity index is 1050. The fraction of sp³-hybridized carbons (Fsp3) is 0.333. The SMILES string of the molecule is CCN1C=C(N2CCN(C(=O)c3ccc(-n4cnnn4)cc3)CC2)c2ccsc2C1. The molecule has 1 saturated heterocycles. The molecule has 2 aromatic heterocycles. The van der Waals surface area contributed by atoms with Crippen LogP contribution in [0.2, 0.25) is 0 Å². The number of aromatic nitrogens is 4. The predicted molar refractivity (Wildman–Crippen MR) is 115 cm³/mol. The highest BCUT2D eigenvalue weighted by molar-refractivity contribution is 7.10. The van der Waals surface area contributed by atoms with Gasteiger partial charge in [0.05, 0.1) is 17.9 Å². The number of benzene rings is 1. The number of carbonyl (C=O) groups is 1. The summed E-state index contributed by atoms with van der Waals surface area (Å²) in [6, 6.07) is 9.63. The summed E-state index contributed by atoms with van der Waals surface area (Å²) in [7, 11) is 0. The second-order valence-corrected chi connectivity index (χ2v) is 8.42. The molecule has 8 nitrogen and oxygen atoms in total. The molecule has 0 saturated carbocycles. The molecular weight excluding hydrogens is 398 g/mol. The molecule has 30 heavy (non-hydrogen) atoms. The van der Waals surface area contributed by atoms with E-state index < -0.39 is 0 Å². The zero-order chi connectivity index (χ0) is 20.5. The zero-order valence-electron chi connectivity index (χ0n) is 16.8. The van der Waals surface area contributed by atoms with E-state index in [4.69, 9.17) is 0 Å². The van der Waals surface area contributed by atoms with Crippen LogP contribution in [0.15, 0.2) is 48.2 Å². The van der Waals surface area contributed by atoms with Gasteiger partial charge in [-0.25, -0.2) is 4.68 Å². The van der Waals surface area contributed by atoms with E-state index in [1.165, 1.54) is 22.5 Å². The van der Waals surface area contributed by atoms with Crippen LogP contribution in [0.4, 0.5) is 0 Å². The molecule has 5 rings (SSSR count). The van der Waals surface area contributed by atoms with Crippen LogP contribution in [0.3, 0.4) is 0 Å². The molecule has 154 valence electrons. The summed E-state index contributed by atoms with van der Waals surface area (Å²) < 4.78 is 1.57. The lowest BCUT2D eigenvalue weighted by Crippen LogP contribution is -2.48. The molecule has 0 spiro atoms. The number of amides is 1. The van der Waals surface area contributed by atoms with E-state index in [0.717, 1.165) is 45.0 Å². The van der Waals surface area contributed by atoms with Crippen molar-refractivity contribution in [2.75, 3.05) is 32.7 Å². The van der Waals surface area contributed by atoms with Crippen molar-refractivity contribution in [3.05, 3.63) is 64.2 Å². The molecule has 1 amide bonds. The molecule has 9 heteroatoms. The monoisotopic (exact) mass is 421 g/mol. The van der Waals surface area contributed by atoms with E-state index in [2.05, 4.69) is 49.9 Å². The van der Waals surface area contributed by atoms with E-state index in [9.17, 15) is 4.79 Å². The van der Waals surface area contributed by atoms with Crippen molar-refractivity contribution in [3.8, 4) is 5.69 Å². The number of carbonyl (C=O) groups excluding carboxylic acids is 1. The van der Waals surface area contributed by atoms with E-state index >= 15 is 0 Å². The molecule has 2 aliphatic heterocycles. The highest BCUT2D eigenvalue weighted by atomic mass is 32.1. The minimum atomic E-state index is 0.0712. The second kappa shape index (κ2) is 7.91.